The van der Waals surface area contributed by atoms with E-state index < -0.39 is 10.0 Å². The lowest BCUT2D eigenvalue weighted by Crippen LogP contribution is -2.33. The first kappa shape index (κ1) is 16.7. The van der Waals surface area contributed by atoms with Gasteiger partial charge in [0, 0.05) is 6.04 Å². The van der Waals surface area contributed by atoms with Gasteiger partial charge in [0.05, 0.1) is 3.79 Å². The van der Waals surface area contributed by atoms with Crippen LogP contribution in [0.15, 0.2) is 38.3 Å². The third-order valence-corrected chi connectivity index (χ3v) is 7.44. The van der Waals surface area contributed by atoms with Gasteiger partial charge in [-0.15, -0.1) is 11.3 Å². The molecular formula is C15H18BrNO2S2. The number of nitrogens with one attached hydrogen (secondary N) is 1. The van der Waals surface area contributed by atoms with E-state index in [0.29, 0.717) is 10.6 Å². The summed E-state index contributed by atoms with van der Waals surface area (Å²) in [6, 6.07) is 9.57. The van der Waals surface area contributed by atoms with Gasteiger partial charge in [-0.05, 0) is 65.9 Å². The lowest BCUT2D eigenvalue weighted by molar-refractivity contribution is 0.561. The first-order chi connectivity index (χ1) is 9.79. The van der Waals surface area contributed by atoms with Gasteiger partial charge in [0.15, 0.2) is 0 Å². The van der Waals surface area contributed by atoms with Gasteiger partial charge in [-0.2, -0.15) is 0 Å². The molecule has 1 N–H and O–H groups in total. The van der Waals surface area contributed by atoms with Gasteiger partial charge >= 0.3 is 0 Å². The molecule has 0 aliphatic carbocycles. The van der Waals surface area contributed by atoms with Crippen molar-refractivity contribution in [3.05, 3.63) is 50.8 Å². The monoisotopic (exact) mass is 387 g/mol. The first-order valence-electron chi connectivity index (χ1n) is 6.62. The molecule has 0 saturated heterocycles. The Morgan fingerprint density at radius 3 is 2.48 bits per heavy atom. The van der Waals surface area contributed by atoms with E-state index in [4.69, 9.17) is 0 Å². The molecule has 1 unspecified atom stereocenters. The molecule has 114 valence electrons. The predicted octanol–water partition coefficient (Wildman–Crippen LogP) is 4.04. The molecule has 2 rings (SSSR count). The molecule has 0 aliphatic heterocycles. The molecular weight excluding hydrogens is 370 g/mol. The highest BCUT2D eigenvalue weighted by atomic mass is 79.9. The van der Waals surface area contributed by atoms with Crippen LogP contribution in [0.5, 0.6) is 0 Å². The van der Waals surface area contributed by atoms with Crippen molar-refractivity contribution in [1.29, 1.82) is 0 Å². The van der Waals surface area contributed by atoms with Crippen LogP contribution in [0, 0.1) is 13.8 Å². The van der Waals surface area contributed by atoms with E-state index in [1.807, 2.05) is 45.0 Å². The normalized spacial score (nSPS) is 13.3. The molecule has 6 heteroatoms. The lowest BCUT2D eigenvalue weighted by atomic mass is 10.0. The Balaban J connectivity index is 2.11. The summed E-state index contributed by atoms with van der Waals surface area (Å²) >= 11 is 4.60. The van der Waals surface area contributed by atoms with Gasteiger partial charge in [-0.25, -0.2) is 13.1 Å². The number of halogens is 1. The summed E-state index contributed by atoms with van der Waals surface area (Å²) in [5.41, 5.74) is 3.28. The lowest BCUT2D eigenvalue weighted by Gasteiger charge is -2.14. The van der Waals surface area contributed by atoms with Crippen LogP contribution in [0.25, 0.3) is 0 Å². The minimum atomic E-state index is -3.46. The molecule has 1 aromatic carbocycles. The molecule has 0 aliphatic rings. The Hall–Kier alpha value is -0.690. The van der Waals surface area contributed by atoms with E-state index in [-0.39, 0.29) is 6.04 Å². The third-order valence-electron chi connectivity index (χ3n) is 3.24. The zero-order chi connectivity index (χ0) is 15.6. The number of hydrogen-bond acceptors (Lipinski definition) is 3. The topological polar surface area (TPSA) is 46.2 Å². The van der Waals surface area contributed by atoms with Crippen LogP contribution >= 0.6 is 27.3 Å². The second-order valence-electron chi connectivity index (χ2n) is 5.18. The van der Waals surface area contributed by atoms with E-state index in [0.717, 1.165) is 14.9 Å². The minimum absolute atomic E-state index is 0.155. The van der Waals surface area contributed by atoms with Gasteiger partial charge in [-0.3, -0.25) is 0 Å². The average molecular weight is 388 g/mol. The zero-order valence-electron chi connectivity index (χ0n) is 12.2. The summed E-state index contributed by atoms with van der Waals surface area (Å²) in [6.45, 7) is 5.81. The van der Waals surface area contributed by atoms with E-state index in [1.165, 1.54) is 16.9 Å². The molecule has 0 bridgehead atoms. The number of thiophene rings is 1. The number of benzene rings is 1. The highest BCUT2D eigenvalue weighted by Gasteiger charge is 2.21. The number of aryl methyl sites for hydroxylation is 2. The summed E-state index contributed by atoms with van der Waals surface area (Å²) < 4.78 is 28.7. The van der Waals surface area contributed by atoms with E-state index in [2.05, 4.69) is 20.7 Å². The molecule has 3 nitrogen and oxygen atoms in total. The SMILES string of the molecule is Cc1ccccc1CC(C)NS(=O)(=O)c1cc(C)c(Br)s1. The van der Waals surface area contributed by atoms with Crippen molar-refractivity contribution in [1.82, 2.24) is 4.72 Å². The second kappa shape index (κ2) is 6.60. The van der Waals surface area contributed by atoms with Crippen molar-refractivity contribution < 1.29 is 8.42 Å². The Morgan fingerprint density at radius 1 is 1.24 bits per heavy atom. The predicted molar refractivity (Wildman–Crippen MR) is 91.4 cm³/mol. The van der Waals surface area contributed by atoms with Gasteiger partial charge in [-0.1, -0.05) is 24.3 Å². The van der Waals surface area contributed by atoms with Crippen LogP contribution in [-0.4, -0.2) is 14.5 Å². The standard InChI is InChI=1S/C15H18BrNO2S2/c1-10-6-4-5-7-13(10)9-12(3)17-21(18,19)14-8-11(2)15(16)20-14/h4-8,12,17H,9H2,1-3H3. The highest BCUT2D eigenvalue weighted by molar-refractivity contribution is 9.11. The van der Waals surface area contributed by atoms with Gasteiger partial charge in [0.25, 0.3) is 0 Å². The molecule has 0 radical (unpaired) electrons. The molecule has 1 heterocycles. The molecule has 0 amide bonds. The van der Waals surface area contributed by atoms with Crippen molar-refractivity contribution in [2.45, 2.75) is 37.4 Å². The Labute approximate surface area is 138 Å². The van der Waals surface area contributed by atoms with Crippen molar-refractivity contribution in [2.75, 3.05) is 0 Å². The molecule has 0 fully saturated rings. The molecule has 1 aromatic heterocycles. The maximum Gasteiger partial charge on any atom is 0.250 e. The van der Waals surface area contributed by atoms with Crippen LogP contribution in [0.2, 0.25) is 0 Å². The van der Waals surface area contributed by atoms with Crippen LogP contribution in [0.4, 0.5) is 0 Å². The Bertz CT molecular complexity index is 718. The molecule has 0 saturated carbocycles. The van der Waals surface area contributed by atoms with E-state index in [9.17, 15) is 8.42 Å². The minimum Gasteiger partial charge on any atom is -0.207 e. The van der Waals surface area contributed by atoms with Crippen LogP contribution < -0.4 is 4.72 Å². The second-order valence-corrected chi connectivity index (χ2v) is 9.49. The molecule has 21 heavy (non-hydrogen) atoms. The fraction of sp³-hybridized carbons (Fsp3) is 0.333. The summed E-state index contributed by atoms with van der Waals surface area (Å²) in [5.74, 6) is 0. The quantitative estimate of drug-likeness (QED) is 0.841. The number of sulfonamides is 1. The number of rotatable bonds is 5. The maximum absolute atomic E-state index is 12.4. The Kier molecular flexibility index (Phi) is 5.24. The fourth-order valence-electron chi connectivity index (χ4n) is 2.10. The smallest absolute Gasteiger partial charge is 0.207 e. The fourth-order valence-corrected chi connectivity index (χ4v) is 5.58. The largest absolute Gasteiger partial charge is 0.250 e. The third kappa shape index (κ3) is 4.16. The molecule has 1 atom stereocenters. The van der Waals surface area contributed by atoms with Crippen LogP contribution in [0.1, 0.15) is 23.6 Å². The Morgan fingerprint density at radius 2 is 1.90 bits per heavy atom. The van der Waals surface area contributed by atoms with Crippen molar-refractivity contribution in [3.63, 3.8) is 0 Å². The van der Waals surface area contributed by atoms with E-state index in [1.54, 1.807) is 6.07 Å². The zero-order valence-corrected chi connectivity index (χ0v) is 15.4. The molecule has 0 spiro atoms. The van der Waals surface area contributed by atoms with Crippen molar-refractivity contribution in [3.8, 4) is 0 Å². The summed E-state index contributed by atoms with van der Waals surface area (Å²) in [5, 5.41) is 0. The van der Waals surface area contributed by atoms with Crippen LogP contribution in [0.3, 0.4) is 0 Å². The highest BCUT2D eigenvalue weighted by Crippen LogP contribution is 2.30. The summed E-state index contributed by atoms with van der Waals surface area (Å²) in [4.78, 5) is 0. The van der Waals surface area contributed by atoms with Gasteiger partial charge in [0.1, 0.15) is 4.21 Å². The average Bonchev–Trinajstić information content (AvgIpc) is 2.73. The number of hydrogen-bond donors (Lipinski definition) is 1. The van der Waals surface area contributed by atoms with Gasteiger partial charge in [0.2, 0.25) is 10.0 Å². The first-order valence-corrected chi connectivity index (χ1v) is 9.71. The maximum atomic E-state index is 12.4. The van der Waals surface area contributed by atoms with Gasteiger partial charge < -0.3 is 0 Å². The summed E-state index contributed by atoms with van der Waals surface area (Å²) in [6.07, 6.45) is 0.678. The summed E-state index contributed by atoms with van der Waals surface area (Å²) in [7, 11) is -3.46. The van der Waals surface area contributed by atoms with Crippen LogP contribution in [-0.2, 0) is 16.4 Å². The molecule has 2 aromatic rings. The van der Waals surface area contributed by atoms with E-state index >= 15 is 0 Å². The van der Waals surface area contributed by atoms with Crippen molar-refractivity contribution >= 4 is 37.3 Å². The van der Waals surface area contributed by atoms with Crippen molar-refractivity contribution in [2.24, 2.45) is 0 Å².